The largest absolute Gasteiger partial charge is 0.465 e. The summed E-state index contributed by atoms with van der Waals surface area (Å²) in [7, 11) is 2.94. The molecule has 2 atom stereocenters. The Labute approximate surface area is 112 Å². The van der Waals surface area contributed by atoms with E-state index in [2.05, 4.69) is 4.74 Å². The van der Waals surface area contributed by atoms with Gasteiger partial charge in [0.2, 0.25) is 0 Å². The number of carbonyl (C=O) groups excluding carboxylic acids is 1. The summed E-state index contributed by atoms with van der Waals surface area (Å²) in [6.45, 7) is 0. The Kier molecular flexibility index (Phi) is 4.37. The highest BCUT2D eigenvalue weighted by Crippen LogP contribution is 2.29. The van der Waals surface area contributed by atoms with Crippen molar-refractivity contribution >= 4 is 5.97 Å². The Balaban J connectivity index is 2.39. The predicted molar refractivity (Wildman–Crippen MR) is 70.3 cm³/mol. The van der Waals surface area contributed by atoms with Gasteiger partial charge in [-0.1, -0.05) is 12.8 Å². The molecule has 1 aromatic rings. The van der Waals surface area contributed by atoms with Gasteiger partial charge in [-0.3, -0.25) is 4.79 Å². The number of methoxy groups -OCH3 is 2. The Morgan fingerprint density at radius 3 is 2.74 bits per heavy atom. The molecule has 1 saturated carbocycles. The van der Waals surface area contributed by atoms with Crippen LogP contribution in [0.25, 0.3) is 0 Å². The third kappa shape index (κ3) is 2.71. The lowest BCUT2D eigenvalue weighted by Gasteiger charge is -2.31. The minimum Gasteiger partial charge on any atom is -0.465 e. The van der Waals surface area contributed by atoms with Crippen molar-refractivity contribution in [2.75, 3.05) is 14.2 Å². The highest BCUT2D eigenvalue weighted by atomic mass is 16.5. The number of hydrogen-bond donors (Lipinski definition) is 0. The van der Waals surface area contributed by atoms with Crippen molar-refractivity contribution in [1.29, 1.82) is 0 Å². The van der Waals surface area contributed by atoms with E-state index in [1.807, 2.05) is 0 Å². The molecule has 1 heterocycles. The fraction of sp³-hybridized carbons (Fsp3) is 0.571. The monoisotopic (exact) mass is 265 g/mol. The van der Waals surface area contributed by atoms with Crippen molar-refractivity contribution in [3.8, 4) is 0 Å². The Hall–Kier alpha value is -1.62. The van der Waals surface area contributed by atoms with Gasteiger partial charge in [-0.15, -0.1) is 0 Å². The number of carbonyl (C=O) groups is 1. The molecule has 1 fully saturated rings. The first-order chi connectivity index (χ1) is 9.19. The molecule has 0 N–H and O–H groups in total. The van der Waals surface area contributed by atoms with Crippen LogP contribution in [-0.2, 0) is 9.47 Å². The maximum atomic E-state index is 12.3. The van der Waals surface area contributed by atoms with Crippen LogP contribution in [0.3, 0.4) is 0 Å². The number of ether oxygens (including phenoxy) is 2. The molecule has 0 amide bonds. The van der Waals surface area contributed by atoms with Crippen molar-refractivity contribution in [2.24, 2.45) is 0 Å². The molecule has 5 nitrogen and oxygen atoms in total. The van der Waals surface area contributed by atoms with Crippen molar-refractivity contribution in [1.82, 2.24) is 4.57 Å². The molecule has 1 aliphatic rings. The molecular weight excluding hydrogens is 246 g/mol. The number of aromatic nitrogens is 1. The van der Waals surface area contributed by atoms with Gasteiger partial charge >= 0.3 is 5.97 Å². The van der Waals surface area contributed by atoms with Gasteiger partial charge in [0.15, 0.2) is 0 Å². The van der Waals surface area contributed by atoms with Gasteiger partial charge in [-0.25, -0.2) is 4.79 Å². The van der Waals surface area contributed by atoms with Crippen molar-refractivity contribution < 1.29 is 14.3 Å². The molecule has 0 saturated heterocycles. The van der Waals surface area contributed by atoms with Crippen LogP contribution in [0.15, 0.2) is 23.1 Å². The average molecular weight is 265 g/mol. The average Bonchev–Trinajstić information content (AvgIpc) is 2.46. The zero-order valence-corrected chi connectivity index (χ0v) is 11.3. The maximum absolute atomic E-state index is 12.3. The van der Waals surface area contributed by atoms with E-state index >= 15 is 0 Å². The lowest BCUT2D eigenvalue weighted by Crippen LogP contribution is -2.37. The summed E-state index contributed by atoms with van der Waals surface area (Å²) in [5.41, 5.74) is -0.228. The Morgan fingerprint density at radius 1 is 1.32 bits per heavy atom. The Bertz CT molecular complexity index is 508. The second-order valence-corrected chi connectivity index (χ2v) is 4.75. The molecule has 0 unspecified atom stereocenters. The van der Waals surface area contributed by atoms with Crippen molar-refractivity contribution in [3.63, 3.8) is 0 Å². The van der Waals surface area contributed by atoms with Crippen molar-refractivity contribution in [3.05, 3.63) is 34.2 Å². The second kappa shape index (κ2) is 6.02. The van der Waals surface area contributed by atoms with Crippen LogP contribution in [0.2, 0.25) is 0 Å². The van der Waals surface area contributed by atoms with Crippen LogP contribution < -0.4 is 5.56 Å². The van der Waals surface area contributed by atoms with E-state index in [-0.39, 0.29) is 23.3 Å². The summed E-state index contributed by atoms with van der Waals surface area (Å²) in [6.07, 6.45) is 5.76. The molecule has 0 aliphatic heterocycles. The SMILES string of the molecule is COC(=O)c1cccn([C@@H]2CCCC[C@@H]2OC)c1=O. The van der Waals surface area contributed by atoms with E-state index in [9.17, 15) is 9.59 Å². The molecule has 19 heavy (non-hydrogen) atoms. The zero-order valence-electron chi connectivity index (χ0n) is 11.3. The summed E-state index contributed by atoms with van der Waals surface area (Å²) < 4.78 is 11.7. The van der Waals surface area contributed by atoms with Gasteiger partial charge in [0.25, 0.3) is 5.56 Å². The van der Waals surface area contributed by atoms with E-state index in [1.165, 1.54) is 13.2 Å². The summed E-state index contributed by atoms with van der Waals surface area (Å²) in [6, 6.07) is 3.19. The predicted octanol–water partition coefficient (Wildman–Crippen LogP) is 1.76. The first-order valence-electron chi connectivity index (χ1n) is 6.51. The summed E-state index contributed by atoms with van der Waals surface area (Å²) in [4.78, 5) is 23.9. The Morgan fingerprint density at radius 2 is 2.05 bits per heavy atom. The molecule has 1 aliphatic carbocycles. The van der Waals surface area contributed by atoms with Gasteiger partial charge in [0.1, 0.15) is 5.56 Å². The topological polar surface area (TPSA) is 57.5 Å². The zero-order chi connectivity index (χ0) is 13.8. The van der Waals surface area contributed by atoms with Gasteiger partial charge in [-0.05, 0) is 25.0 Å². The molecule has 0 radical (unpaired) electrons. The molecule has 0 spiro atoms. The third-order valence-electron chi connectivity index (χ3n) is 3.71. The maximum Gasteiger partial charge on any atom is 0.343 e. The lowest BCUT2D eigenvalue weighted by molar-refractivity contribution is 0.0274. The number of hydrogen-bond acceptors (Lipinski definition) is 4. The van der Waals surface area contributed by atoms with Crippen LogP contribution in [0.5, 0.6) is 0 Å². The number of nitrogens with zero attached hydrogens (tertiary/aromatic N) is 1. The van der Waals surface area contributed by atoms with E-state index in [0.29, 0.717) is 0 Å². The van der Waals surface area contributed by atoms with Gasteiger partial charge in [0.05, 0.1) is 19.3 Å². The molecule has 1 aromatic heterocycles. The van der Waals surface area contributed by atoms with Crippen molar-refractivity contribution in [2.45, 2.75) is 37.8 Å². The normalized spacial score (nSPS) is 23.1. The second-order valence-electron chi connectivity index (χ2n) is 4.75. The first-order valence-corrected chi connectivity index (χ1v) is 6.51. The number of pyridine rings is 1. The van der Waals surface area contributed by atoms with E-state index < -0.39 is 5.97 Å². The summed E-state index contributed by atoms with van der Waals surface area (Å²) in [5.74, 6) is -0.593. The third-order valence-corrected chi connectivity index (χ3v) is 3.71. The fourth-order valence-corrected chi connectivity index (χ4v) is 2.71. The molecule has 0 aromatic carbocycles. The summed E-state index contributed by atoms with van der Waals surface area (Å²) in [5, 5.41) is 0. The number of esters is 1. The smallest absolute Gasteiger partial charge is 0.343 e. The van der Waals surface area contributed by atoms with E-state index in [0.717, 1.165) is 25.7 Å². The quantitative estimate of drug-likeness (QED) is 0.781. The molecule has 0 bridgehead atoms. The van der Waals surface area contributed by atoms with Crippen LogP contribution in [0, 0.1) is 0 Å². The minimum atomic E-state index is -0.593. The number of rotatable bonds is 3. The van der Waals surface area contributed by atoms with Crippen LogP contribution in [0.1, 0.15) is 42.1 Å². The standard InChI is InChI=1S/C14H19NO4/c1-18-12-8-4-3-7-11(12)15-9-5-6-10(13(15)16)14(17)19-2/h5-6,9,11-12H,3-4,7-8H2,1-2H3/t11-,12+/m1/s1. The molecule has 2 rings (SSSR count). The van der Waals surface area contributed by atoms with Gasteiger partial charge < -0.3 is 14.0 Å². The van der Waals surface area contributed by atoms with Crippen LogP contribution in [-0.4, -0.2) is 30.9 Å². The lowest BCUT2D eigenvalue weighted by atomic mass is 9.92. The first kappa shape index (κ1) is 13.8. The van der Waals surface area contributed by atoms with Gasteiger partial charge in [-0.2, -0.15) is 0 Å². The molecular formula is C14H19NO4. The fourth-order valence-electron chi connectivity index (χ4n) is 2.71. The minimum absolute atomic E-state index is 0.00384. The highest BCUT2D eigenvalue weighted by Gasteiger charge is 2.28. The molecule has 104 valence electrons. The van der Waals surface area contributed by atoms with E-state index in [1.54, 1.807) is 23.9 Å². The van der Waals surface area contributed by atoms with Crippen LogP contribution in [0.4, 0.5) is 0 Å². The van der Waals surface area contributed by atoms with Crippen LogP contribution >= 0.6 is 0 Å². The van der Waals surface area contributed by atoms with Gasteiger partial charge in [0, 0.05) is 13.3 Å². The summed E-state index contributed by atoms with van der Waals surface area (Å²) >= 11 is 0. The molecule has 5 heteroatoms. The highest BCUT2D eigenvalue weighted by molar-refractivity contribution is 5.88. The van der Waals surface area contributed by atoms with E-state index in [4.69, 9.17) is 4.74 Å².